The van der Waals surface area contributed by atoms with Gasteiger partial charge in [-0.05, 0) is 31.0 Å². The molecule has 0 saturated heterocycles. The Morgan fingerprint density at radius 1 is 1.43 bits per heavy atom. The quantitative estimate of drug-likeness (QED) is 0.360. The molecule has 0 aliphatic heterocycles. The molecule has 0 aromatic heterocycles. The number of aliphatic hydroxyl groups excluding tert-OH is 1. The summed E-state index contributed by atoms with van der Waals surface area (Å²) in [7, 11) is 0. The fourth-order valence-corrected chi connectivity index (χ4v) is 1.60. The molecule has 0 heterocycles. The van der Waals surface area contributed by atoms with Gasteiger partial charge < -0.3 is 9.84 Å². The van der Waals surface area contributed by atoms with Gasteiger partial charge in [-0.3, -0.25) is 9.59 Å². The van der Waals surface area contributed by atoms with Gasteiger partial charge in [-0.25, -0.2) is 0 Å². The molecule has 1 N–H and O–H groups in total. The summed E-state index contributed by atoms with van der Waals surface area (Å²) in [5.74, 6) is -1.32. The van der Waals surface area contributed by atoms with Crippen LogP contribution in [0.5, 0.6) is 5.75 Å². The minimum Gasteiger partial charge on any atom is -0.507 e. The number of ether oxygens (including phenoxy) is 1. The van der Waals surface area contributed by atoms with E-state index in [2.05, 4.69) is 0 Å². The van der Waals surface area contributed by atoms with Crippen LogP contribution in [-0.2, 0) is 9.59 Å². The molecule has 1 rings (SSSR count). The molecular formula is C16H17NO4. The van der Waals surface area contributed by atoms with Gasteiger partial charge in [-0.15, -0.1) is 0 Å². The second-order valence-corrected chi connectivity index (χ2v) is 4.56. The number of nitrogens with zero attached hydrogens (tertiary/aromatic N) is 1. The molecule has 0 spiro atoms. The number of carbonyl (C=O) groups excluding carboxylic acids is 2. The Labute approximate surface area is 123 Å². The Kier molecular flexibility index (Phi) is 6.15. The summed E-state index contributed by atoms with van der Waals surface area (Å²) in [6.45, 7) is 3.34. The standard InChI is InChI=1S/C16H17NO4/c1-11-5-6-13(15(20)10-14(19)12(2)18)16(9-11)21-8-4-3-7-17/h5-6,9-10,20H,3-4,8H2,1-2H3/b15-10-. The summed E-state index contributed by atoms with van der Waals surface area (Å²) in [6, 6.07) is 7.13. The molecule has 1 aromatic rings. The molecule has 0 radical (unpaired) electrons. The van der Waals surface area contributed by atoms with Crippen molar-refractivity contribution in [3.8, 4) is 11.8 Å². The molecule has 0 saturated carbocycles. The van der Waals surface area contributed by atoms with Gasteiger partial charge in [0.25, 0.3) is 0 Å². The Balaban J connectivity index is 2.98. The molecule has 5 heteroatoms. The smallest absolute Gasteiger partial charge is 0.224 e. The predicted octanol–water partition coefficient (Wildman–Crippen LogP) is 2.73. The fourth-order valence-electron chi connectivity index (χ4n) is 1.60. The Bertz CT molecular complexity index is 611. The number of unbranched alkanes of at least 4 members (excludes halogenated alkanes) is 1. The first kappa shape index (κ1) is 16.4. The average molecular weight is 287 g/mol. The summed E-state index contributed by atoms with van der Waals surface area (Å²) in [6.07, 6.45) is 1.83. The van der Waals surface area contributed by atoms with Gasteiger partial charge in [0.1, 0.15) is 11.5 Å². The topological polar surface area (TPSA) is 87.4 Å². The summed E-state index contributed by atoms with van der Waals surface area (Å²) >= 11 is 0. The number of allylic oxidation sites excluding steroid dienone is 1. The largest absolute Gasteiger partial charge is 0.507 e. The van der Waals surface area contributed by atoms with Crippen LogP contribution < -0.4 is 4.74 Å². The van der Waals surface area contributed by atoms with Gasteiger partial charge in [-0.1, -0.05) is 6.07 Å². The van der Waals surface area contributed by atoms with Crippen molar-refractivity contribution in [1.29, 1.82) is 5.26 Å². The van der Waals surface area contributed by atoms with E-state index in [9.17, 15) is 14.7 Å². The van der Waals surface area contributed by atoms with E-state index in [0.717, 1.165) is 18.6 Å². The van der Waals surface area contributed by atoms with Gasteiger partial charge in [0.05, 0.1) is 18.2 Å². The van der Waals surface area contributed by atoms with E-state index < -0.39 is 11.6 Å². The van der Waals surface area contributed by atoms with Gasteiger partial charge in [-0.2, -0.15) is 5.26 Å². The van der Waals surface area contributed by atoms with Crippen LogP contribution in [0.2, 0.25) is 0 Å². The lowest BCUT2D eigenvalue weighted by atomic mass is 10.1. The average Bonchev–Trinajstić information content (AvgIpc) is 2.43. The fraction of sp³-hybridized carbons (Fsp3) is 0.312. The number of ketones is 2. The number of rotatable bonds is 7. The third kappa shape index (κ3) is 5.11. The zero-order valence-corrected chi connectivity index (χ0v) is 12.0. The van der Waals surface area contributed by atoms with E-state index >= 15 is 0 Å². The van der Waals surface area contributed by atoms with Crippen molar-refractivity contribution in [2.75, 3.05) is 6.61 Å². The second-order valence-electron chi connectivity index (χ2n) is 4.56. The molecule has 0 atom stereocenters. The number of carbonyl (C=O) groups is 2. The zero-order chi connectivity index (χ0) is 15.8. The molecule has 110 valence electrons. The molecule has 0 amide bonds. The first-order chi connectivity index (χ1) is 9.95. The monoisotopic (exact) mass is 287 g/mol. The SMILES string of the molecule is CC(=O)C(=O)/C=C(\O)c1ccc(C)cc1OCCCC#N. The van der Waals surface area contributed by atoms with Crippen LogP contribution in [0.3, 0.4) is 0 Å². The Morgan fingerprint density at radius 2 is 2.14 bits per heavy atom. The van der Waals surface area contributed by atoms with E-state index in [0.29, 0.717) is 30.8 Å². The molecule has 0 unspecified atom stereocenters. The van der Waals surface area contributed by atoms with Crippen LogP contribution in [0, 0.1) is 18.3 Å². The molecule has 1 aromatic carbocycles. The number of Topliss-reactive ketones (excluding diaryl/α,β-unsaturated/α-hetero) is 1. The van der Waals surface area contributed by atoms with E-state index in [1.54, 1.807) is 18.2 Å². The third-order valence-corrected chi connectivity index (χ3v) is 2.72. The molecule has 0 aliphatic rings. The normalized spacial score (nSPS) is 10.8. The van der Waals surface area contributed by atoms with Crippen LogP contribution >= 0.6 is 0 Å². The van der Waals surface area contributed by atoms with Crippen LogP contribution in [0.15, 0.2) is 24.3 Å². The van der Waals surface area contributed by atoms with Crippen molar-refractivity contribution >= 4 is 17.3 Å². The highest BCUT2D eigenvalue weighted by Gasteiger charge is 2.12. The van der Waals surface area contributed by atoms with Gasteiger partial charge in [0.2, 0.25) is 5.78 Å². The maximum atomic E-state index is 11.3. The number of hydrogen-bond acceptors (Lipinski definition) is 5. The first-order valence-electron chi connectivity index (χ1n) is 6.52. The molecule has 0 fully saturated rings. The van der Waals surface area contributed by atoms with E-state index in [4.69, 9.17) is 10.00 Å². The van der Waals surface area contributed by atoms with Gasteiger partial charge >= 0.3 is 0 Å². The zero-order valence-electron chi connectivity index (χ0n) is 12.0. The highest BCUT2D eigenvalue weighted by atomic mass is 16.5. The van der Waals surface area contributed by atoms with Crippen molar-refractivity contribution in [3.63, 3.8) is 0 Å². The summed E-state index contributed by atoms with van der Waals surface area (Å²) < 4.78 is 5.54. The summed E-state index contributed by atoms with van der Waals surface area (Å²) in [4.78, 5) is 22.3. The Hall–Kier alpha value is -2.61. The van der Waals surface area contributed by atoms with Crippen molar-refractivity contribution in [1.82, 2.24) is 0 Å². The maximum Gasteiger partial charge on any atom is 0.224 e. The minimum absolute atomic E-state index is 0.314. The molecule has 21 heavy (non-hydrogen) atoms. The number of aliphatic hydroxyl groups is 1. The number of hydrogen-bond donors (Lipinski definition) is 1. The van der Waals surface area contributed by atoms with Gasteiger partial charge in [0.15, 0.2) is 5.78 Å². The molecule has 5 nitrogen and oxygen atoms in total. The molecular weight excluding hydrogens is 270 g/mol. The number of aryl methyl sites for hydroxylation is 1. The van der Waals surface area contributed by atoms with Crippen molar-refractivity contribution in [2.45, 2.75) is 26.7 Å². The Morgan fingerprint density at radius 3 is 2.76 bits per heavy atom. The first-order valence-corrected chi connectivity index (χ1v) is 6.52. The van der Waals surface area contributed by atoms with Crippen molar-refractivity contribution in [2.24, 2.45) is 0 Å². The number of benzene rings is 1. The molecule has 0 aliphatic carbocycles. The summed E-state index contributed by atoms with van der Waals surface area (Å²) in [5, 5.41) is 18.4. The lowest BCUT2D eigenvalue weighted by Gasteiger charge is -2.11. The predicted molar refractivity (Wildman–Crippen MR) is 77.8 cm³/mol. The van der Waals surface area contributed by atoms with Crippen LogP contribution in [0.1, 0.15) is 30.9 Å². The van der Waals surface area contributed by atoms with Crippen LogP contribution in [-0.4, -0.2) is 23.3 Å². The van der Waals surface area contributed by atoms with E-state index in [1.807, 2.05) is 13.0 Å². The lowest BCUT2D eigenvalue weighted by Crippen LogP contribution is -2.07. The molecule has 0 bridgehead atoms. The van der Waals surface area contributed by atoms with Crippen LogP contribution in [0.25, 0.3) is 5.76 Å². The van der Waals surface area contributed by atoms with Crippen molar-refractivity contribution < 1.29 is 19.4 Å². The van der Waals surface area contributed by atoms with E-state index in [-0.39, 0.29) is 5.76 Å². The highest BCUT2D eigenvalue weighted by Crippen LogP contribution is 2.26. The number of nitriles is 1. The minimum atomic E-state index is -0.775. The van der Waals surface area contributed by atoms with Gasteiger partial charge in [0, 0.05) is 19.4 Å². The van der Waals surface area contributed by atoms with E-state index in [1.165, 1.54) is 0 Å². The lowest BCUT2D eigenvalue weighted by molar-refractivity contribution is -0.132. The van der Waals surface area contributed by atoms with Crippen LogP contribution in [0.4, 0.5) is 0 Å². The van der Waals surface area contributed by atoms with Crippen molar-refractivity contribution in [3.05, 3.63) is 35.4 Å². The third-order valence-electron chi connectivity index (χ3n) is 2.72. The highest BCUT2D eigenvalue weighted by molar-refractivity contribution is 6.41. The summed E-state index contributed by atoms with van der Waals surface area (Å²) in [5.41, 5.74) is 1.27. The second kappa shape index (κ2) is 7.85. The maximum absolute atomic E-state index is 11.3.